The smallest absolute Gasteiger partial charge is 0.223 e. The number of nitrogens with zero attached hydrogens (tertiary/aromatic N) is 4. The number of anilines is 2. The summed E-state index contributed by atoms with van der Waals surface area (Å²) in [6.07, 6.45) is 5.66. The van der Waals surface area contributed by atoms with Crippen LogP contribution in [-0.4, -0.2) is 78.2 Å². The van der Waals surface area contributed by atoms with Gasteiger partial charge in [-0.25, -0.2) is 19.3 Å². The summed E-state index contributed by atoms with van der Waals surface area (Å²) in [5.74, 6) is 0.664. The van der Waals surface area contributed by atoms with Crippen molar-refractivity contribution < 1.29 is 18.7 Å². The third-order valence-electron chi connectivity index (χ3n) is 7.41. The molecular formula is C28H33FN6O3. The van der Waals surface area contributed by atoms with Crippen LogP contribution in [0.5, 0.6) is 5.75 Å². The van der Waals surface area contributed by atoms with E-state index in [9.17, 15) is 4.79 Å². The average molecular weight is 521 g/mol. The number of carbonyl (C=O) groups excluding carboxylic acids is 1. The molecule has 2 N–H and O–H groups in total. The summed E-state index contributed by atoms with van der Waals surface area (Å²) in [6.45, 7) is 6.27. The lowest BCUT2D eigenvalue weighted by atomic mass is 9.97. The lowest BCUT2D eigenvalue weighted by Gasteiger charge is -2.21. The van der Waals surface area contributed by atoms with Crippen LogP contribution in [0.15, 0.2) is 43.1 Å². The van der Waals surface area contributed by atoms with Gasteiger partial charge in [-0.3, -0.25) is 4.79 Å². The minimum atomic E-state index is -0.469. The molecule has 1 aromatic carbocycles. The molecule has 0 aliphatic carbocycles. The number of ketones is 1. The minimum absolute atomic E-state index is 0.00633. The predicted molar refractivity (Wildman–Crippen MR) is 145 cm³/mol. The highest BCUT2D eigenvalue weighted by atomic mass is 19.1. The number of rotatable bonds is 10. The first kappa shape index (κ1) is 26.0. The SMILES string of the molecule is C=CC(=O)C[C@H]1COC[C@H]1Nc1ncc2cc(-c3cccc(OC)c3F)nc(NCC3CCCN3C)c2n1. The van der Waals surface area contributed by atoms with E-state index in [0.29, 0.717) is 60.8 Å². The largest absolute Gasteiger partial charge is 0.494 e. The molecular weight excluding hydrogens is 487 g/mol. The molecule has 0 radical (unpaired) electrons. The molecule has 5 rings (SSSR count). The maximum Gasteiger partial charge on any atom is 0.223 e. The molecule has 2 aliphatic rings. The molecule has 3 aromatic rings. The van der Waals surface area contributed by atoms with Gasteiger partial charge in [0, 0.05) is 42.1 Å². The number of ether oxygens (including phenoxy) is 2. The first-order valence-electron chi connectivity index (χ1n) is 12.9. The summed E-state index contributed by atoms with van der Waals surface area (Å²) in [7, 11) is 3.56. The number of pyridine rings is 1. The molecule has 0 saturated carbocycles. The third-order valence-corrected chi connectivity index (χ3v) is 7.41. The summed E-state index contributed by atoms with van der Waals surface area (Å²) < 4.78 is 25.9. The van der Waals surface area contributed by atoms with Crippen LogP contribution in [0.1, 0.15) is 19.3 Å². The number of hydrogen-bond acceptors (Lipinski definition) is 9. The highest BCUT2D eigenvalue weighted by Crippen LogP contribution is 2.32. The van der Waals surface area contributed by atoms with Gasteiger partial charge in [0.15, 0.2) is 23.2 Å². The van der Waals surface area contributed by atoms with Crippen molar-refractivity contribution >= 4 is 28.5 Å². The van der Waals surface area contributed by atoms with Gasteiger partial charge in [-0.05, 0) is 50.7 Å². The van der Waals surface area contributed by atoms with E-state index in [4.69, 9.17) is 19.4 Å². The molecule has 2 aliphatic heterocycles. The number of aromatic nitrogens is 3. The monoisotopic (exact) mass is 520 g/mol. The Bertz CT molecular complexity index is 1340. The summed E-state index contributed by atoms with van der Waals surface area (Å²) in [6, 6.07) is 7.07. The number of fused-ring (bicyclic) bond motifs is 1. The minimum Gasteiger partial charge on any atom is -0.494 e. The van der Waals surface area contributed by atoms with E-state index in [1.54, 1.807) is 30.5 Å². The highest BCUT2D eigenvalue weighted by molar-refractivity contribution is 5.92. The first-order valence-corrected chi connectivity index (χ1v) is 12.9. The molecule has 0 spiro atoms. The second-order valence-electron chi connectivity index (χ2n) is 9.89. The average Bonchev–Trinajstić information content (AvgIpc) is 3.55. The van der Waals surface area contributed by atoms with Crippen molar-refractivity contribution in [3.05, 3.63) is 48.9 Å². The van der Waals surface area contributed by atoms with Gasteiger partial charge in [0.25, 0.3) is 0 Å². The number of nitrogens with one attached hydrogen (secondary N) is 2. The fourth-order valence-electron chi connectivity index (χ4n) is 5.15. The van der Waals surface area contributed by atoms with Crippen molar-refractivity contribution in [3.63, 3.8) is 0 Å². The van der Waals surface area contributed by atoms with E-state index in [1.165, 1.54) is 13.2 Å². The Morgan fingerprint density at radius 1 is 1.34 bits per heavy atom. The normalized spacial score (nSPS) is 21.5. The summed E-state index contributed by atoms with van der Waals surface area (Å²) >= 11 is 0. The van der Waals surface area contributed by atoms with E-state index in [1.807, 2.05) is 0 Å². The fraction of sp³-hybridized carbons (Fsp3) is 0.429. The van der Waals surface area contributed by atoms with Gasteiger partial charge >= 0.3 is 0 Å². The molecule has 0 amide bonds. The second kappa shape index (κ2) is 11.4. The molecule has 38 heavy (non-hydrogen) atoms. The molecule has 9 nitrogen and oxygen atoms in total. The molecule has 4 heterocycles. The van der Waals surface area contributed by atoms with Crippen LogP contribution in [0.3, 0.4) is 0 Å². The Balaban J connectivity index is 1.49. The van der Waals surface area contributed by atoms with Crippen molar-refractivity contribution in [2.75, 3.05) is 51.1 Å². The first-order chi connectivity index (χ1) is 18.5. The summed E-state index contributed by atoms with van der Waals surface area (Å²) in [4.78, 5) is 28.4. The second-order valence-corrected chi connectivity index (χ2v) is 9.89. The van der Waals surface area contributed by atoms with Gasteiger partial charge in [-0.15, -0.1) is 0 Å². The van der Waals surface area contributed by atoms with E-state index in [0.717, 1.165) is 24.8 Å². The molecule has 1 unspecified atom stereocenters. The molecule has 0 bridgehead atoms. The number of likely N-dealkylation sites (N-methyl/N-ethyl adjacent to an activating group) is 1. The Morgan fingerprint density at radius 2 is 2.21 bits per heavy atom. The van der Waals surface area contributed by atoms with E-state index in [2.05, 4.69) is 34.1 Å². The van der Waals surface area contributed by atoms with Gasteiger partial charge in [-0.2, -0.15) is 0 Å². The number of likely N-dealkylation sites (tertiary alicyclic amines) is 1. The predicted octanol–water partition coefficient (Wildman–Crippen LogP) is 3.92. The van der Waals surface area contributed by atoms with Crippen LogP contribution in [0, 0.1) is 11.7 Å². The summed E-state index contributed by atoms with van der Waals surface area (Å²) in [5.41, 5.74) is 1.44. The van der Waals surface area contributed by atoms with E-state index >= 15 is 4.39 Å². The third kappa shape index (κ3) is 5.46. The van der Waals surface area contributed by atoms with Gasteiger partial charge in [0.1, 0.15) is 5.52 Å². The Morgan fingerprint density at radius 3 is 2.97 bits per heavy atom. The van der Waals surface area contributed by atoms with Crippen LogP contribution in [0.2, 0.25) is 0 Å². The maximum absolute atomic E-state index is 15.1. The van der Waals surface area contributed by atoms with Crippen molar-refractivity contribution in [2.24, 2.45) is 5.92 Å². The molecule has 3 atom stereocenters. The van der Waals surface area contributed by atoms with Crippen LogP contribution in [0.25, 0.3) is 22.2 Å². The molecule has 2 fully saturated rings. The van der Waals surface area contributed by atoms with Crippen molar-refractivity contribution in [3.8, 4) is 17.0 Å². The lowest BCUT2D eigenvalue weighted by Crippen LogP contribution is -2.32. The highest BCUT2D eigenvalue weighted by Gasteiger charge is 2.30. The Hall–Kier alpha value is -3.63. The number of carbonyl (C=O) groups is 1. The van der Waals surface area contributed by atoms with Crippen LogP contribution in [0.4, 0.5) is 16.2 Å². The zero-order valence-electron chi connectivity index (χ0n) is 21.7. The zero-order chi connectivity index (χ0) is 26.6. The number of hydrogen-bond donors (Lipinski definition) is 2. The van der Waals surface area contributed by atoms with Crippen molar-refractivity contribution in [1.29, 1.82) is 0 Å². The van der Waals surface area contributed by atoms with Crippen molar-refractivity contribution in [1.82, 2.24) is 19.9 Å². The topological polar surface area (TPSA) is 102 Å². The van der Waals surface area contributed by atoms with Gasteiger partial charge in [0.05, 0.1) is 32.1 Å². The number of halogens is 1. The van der Waals surface area contributed by atoms with Gasteiger partial charge in [-0.1, -0.05) is 12.6 Å². The van der Waals surface area contributed by atoms with Crippen LogP contribution in [-0.2, 0) is 9.53 Å². The Labute approximate surface area is 221 Å². The van der Waals surface area contributed by atoms with E-state index < -0.39 is 5.82 Å². The summed E-state index contributed by atoms with van der Waals surface area (Å²) in [5, 5.41) is 7.54. The van der Waals surface area contributed by atoms with Crippen LogP contribution < -0.4 is 15.4 Å². The standard InChI is InChI=1S/C28H33FN6O3/c1-4-20(36)11-18-15-38-16-23(18)33-28-31-13-17-12-22(21-8-5-9-24(37-3)25(21)29)32-27(26(17)34-28)30-14-19-7-6-10-35(19)2/h4-5,8-9,12-13,18-19,23H,1,6-7,10-11,14-16H2,2-3H3,(H,30,32)(H,31,33,34)/t18-,19?,23+/m0/s1. The van der Waals surface area contributed by atoms with Crippen molar-refractivity contribution in [2.45, 2.75) is 31.3 Å². The molecule has 10 heteroatoms. The lowest BCUT2D eigenvalue weighted by molar-refractivity contribution is -0.115. The Kier molecular flexibility index (Phi) is 7.80. The molecule has 2 saturated heterocycles. The maximum atomic E-state index is 15.1. The number of benzene rings is 1. The fourth-order valence-corrected chi connectivity index (χ4v) is 5.15. The van der Waals surface area contributed by atoms with E-state index in [-0.39, 0.29) is 23.5 Å². The molecule has 200 valence electrons. The number of allylic oxidation sites excluding steroid dienone is 1. The molecule has 2 aromatic heterocycles. The van der Waals surface area contributed by atoms with Crippen LogP contribution >= 0.6 is 0 Å². The van der Waals surface area contributed by atoms with Gasteiger partial charge < -0.3 is 25.0 Å². The quantitative estimate of drug-likeness (QED) is 0.385. The number of methoxy groups -OCH3 is 1. The van der Waals surface area contributed by atoms with Gasteiger partial charge in [0.2, 0.25) is 5.95 Å². The zero-order valence-corrected chi connectivity index (χ0v) is 21.7.